The van der Waals surface area contributed by atoms with Crippen LogP contribution in [0.1, 0.15) is 40.0 Å². The van der Waals surface area contributed by atoms with Gasteiger partial charge in [0, 0.05) is 6.20 Å². The monoisotopic (exact) mass is 430 g/mol. The maximum absolute atomic E-state index is 13.0. The third kappa shape index (κ3) is 7.22. The van der Waals surface area contributed by atoms with E-state index < -0.39 is 31.3 Å². The second-order valence-corrected chi connectivity index (χ2v) is 9.52. The molecule has 2 rings (SSSR count). The molecule has 3 N–H and O–H groups in total. The number of carbonyl (C=O) groups excluding carboxylic acids is 1. The van der Waals surface area contributed by atoms with Gasteiger partial charge in [0.2, 0.25) is 0 Å². The molecule has 0 saturated carbocycles. The quantitative estimate of drug-likeness (QED) is 0.323. The molecule has 164 valence electrons. The summed E-state index contributed by atoms with van der Waals surface area (Å²) in [6, 6.07) is 0.753. The maximum atomic E-state index is 13.0. The molecule has 0 bridgehead atoms. The fourth-order valence-electron chi connectivity index (χ4n) is 2.77. The van der Waals surface area contributed by atoms with Crippen molar-refractivity contribution in [2.24, 2.45) is 5.92 Å². The highest BCUT2D eigenvalue weighted by Gasteiger charge is 2.37. The molecular weight excluding hydrogens is 399 g/mol. The third-order valence-electron chi connectivity index (χ3n) is 4.49. The van der Waals surface area contributed by atoms with Crippen molar-refractivity contribution in [2.45, 2.75) is 58.7 Å². The molecule has 11 heteroatoms. The van der Waals surface area contributed by atoms with Crippen molar-refractivity contribution in [1.29, 1.82) is 0 Å². The molecular formula is C18H31N4O6P. The van der Waals surface area contributed by atoms with Crippen molar-refractivity contribution in [3.05, 3.63) is 22.7 Å². The van der Waals surface area contributed by atoms with E-state index in [1.165, 1.54) is 16.8 Å². The molecule has 29 heavy (non-hydrogen) atoms. The predicted molar refractivity (Wildman–Crippen MR) is 108 cm³/mol. The normalized spacial score (nSPS) is 23.1. The summed E-state index contributed by atoms with van der Waals surface area (Å²) in [7, 11) is -3.38. The summed E-state index contributed by atoms with van der Waals surface area (Å²) in [5, 5.41) is 2.81. The van der Waals surface area contributed by atoms with Gasteiger partial charge in [-0.3, -0.25) is 13.9 Å². The number of rotatable bonds is 10. The number of ether oxygens (including phenoxy) is 2. The van der Waals surface area contributed by atoms with Crippen molar-refractivity contribution >= 4 is 19.3 Å². The minimum absolute atomic E-state index is 0.0114. The van der Waals surface area contributed by atoms with Gasteiger partial charge in [-0.1, -0.05) is 33.6 Å². The first-order valence-electron chi connectivity index (χ1n) is 9.86. The first kappa shape index (κ1) is 23.5. The summed E-state index contributed by atoms with van der Waals surface area (Å²) in [5.74, 6) is -0.445. The van der Waals surface area contributed by atoms with Crippen molar-refractivity contribution in [1.82, 2.24) is 14.6 Å². The summed E-state index contributed by atoms with van der Waals surface area (Å²) in [4.78, 5) is 27.8. The first-order valence-corrected chi connectivity index (χ1v) is 11.7. The van der Waals surface area contributed by atoms with Crippen LogP contribution in [0.3, 0.4) is 0 Å². The van der Waals surface area contributed by atoms with Crippen LogP contribution in [0.5, 0.6) is 0 Å². The van der Waals surface area contributed by atoms with Crippen LogP contribution in [0.15, 0.2) is 17.1 Å². The number of nitrogens with two attached hydrogens (primary N) is 1. The summed E-state index contributed by atoms with van der Waals surface area (Å²) in [6.45, 7) is 6.29. The molecule has 1 aromatic heterocycles. The average Bonchev–Trinajstić information content (AvgIpc) is 2.67. The molecule has 3 atom stereocenters. The molecule has 0 aromatic carbocycles. The second-order valence-electron chi connectivity index (χ2n) is 7.40. The van der Waals surface area contributed by atoms with E-state index in [1.54, 1.807) is 0 Å². The summed E-state index contributed by atoms with van der Waals surface area (Å²) in [5.41, 5.74) is 4.98. The summed E-state index contributed by atoms with van der Waals surface area (Å²) in [6.07, 6.45) is 3.65. The van der Waals surface area contributed by atoms with E-state index in [0.717, 1.165) is 19.3 Å². The number of aromatic nitrogens is 2. The zero-order valence-electron chi connectivity index (χ0n) is 17.2. The van der Waals surface area contributed by atoms with E-state index in [-0.39, 0.29) is 31.2 Å². The molecule has 1 saturated heterocycles. The van der Waals surface area contributed by atoms with Crippen LogP contribution >= 0.6 is 7.52 Å². The standard InChI is InChI=1S/C18H31N4O6P/c1-4-5-6-9-26-17(23)16(13(2)3)21-29(25)12-27-14(11-28-29)10-22-8-7-15(19)20-18(22)24/h7-8,13-14,16H,4-6,9-12H2,1-3H3,(H,21,25)(H2,19,20,24)/t14-,16-,29?/m0/s1. The fraction of sp³-hybridized carbons (Fsp3) is 0.722. The minimum Gasteiger partial charge on any atom is -0.465 e. The van der Waals surface area contributed by atoms with Crippen LogP contribution in [-0.2, 0) is 29.9 Å². The Bertz CT molecular complexity index is 772. The van der Waals surface area contributed by atoms with Crippen molar-refractivity contribution in [2.75, 3.05) is 25.3 Å². The van der Waals surface area contributed by atoms with Gasteiger partial charge >= 0.3 is 11.7 Å². The number of anilines is 1. The van der Waals surface area contributed by atoms with Crippen molar-refractivity contribution in [3.63, 3.8) is 0 Å². The number of unbranched alkanes of at least 4 members (excludes halogenated alkanes) is 2. The number of hydrogen-bond acceptors (Lipinski definition) is 8. The topological polar surface area (TPSA) is 135 Å². The van der Waals surface area contributed by atoms with Crippen molar-refractivity contribution in [3.8, 4) is 0 Å². The molecule has 1 unspecified atom stereocenters. The van der Waals surface area contributed by atoms with Gasteiger partial charge in [0.25, 0.3) is 7.52 Å². The molecule has 1 aliphatic heterocycles. The molecule has 1 fully saturated rings. The number of carbonyl (C=O) groups is 1. The second kappa shape index (κ2) is 10.9. The largest absolute Gasteiger partial charge is 0.465 e. The molecule has 0 amide bonds. The first-order chi connectivity index (χ1) is 13.7. The van der Waals surface area contributed by atoms with Gasteiger partial charge in [0.1, 0.15) is 24.3 Å². The summed E-state index contributed by atoms with van der Waals surface area (Å²) < 4.78 is 30.8. The highest BCUT2D eigenvalue weighted by molar-refractivity contribution is 7.56. The molecule has 1 aliphatic rings. The van der Waals surface area contributed by atoms with Gasteiger partial charge in [0.05, 0.1) is 19.8 Å². The van der Waals surface area contributed by atoms with Crippen LogP contribution in [0, 0.1) is 5.92 Å². The number of hydrogen-bond donors (Lipinski definition) is 2. The van der Waals surface area contributed by atoms with Crippen LogP contribution in [0.4, 0.5) is 5.82 Å². The zero-order valence-corrected chi connectivity index (χ0v) is 18.1. The number of esters is 1. The Hall–Kier alpha value is -1.74. The van der Waals surface area contributed by atoms with Gasteiger partial charge in [-0.2, -0.15) is 4.98 Å². The van der Waals surface area contributed by atoms with E-state index in [1.807, 2.05) is 13.8 Å². The lowest BCUT2D eigenvalue weighted by atomic mass is 10.1. The van der Waals surface area contributed by atoms with Crippen molar-refractivity contribution < 1.29 is 23.4 Å². The Morgan fingerprint density at radius 2 is 2.24 bits per heavy atom. The molecule has 2 heterocycles. The Kier molecular flexibility index (Phi) is 8.82. The molecule has 0 spiro atoms. The molecule has 1 aromatic rings. The van der Waals surface area contributed by atoms with Gasteiger partial charge < -0.3 is 19.7 Å². The van der Waals surface area contributed by atoms with E-state index in [4.69, 9.17) is 19.7 Å². The Balaban J connectivity index is 1.89. The number of nitrogens with one attached hydrogen (secondary N) is 1. The Labute approximate surface area is 170 Å². The Morgan fingerprint density at radius 1 is 1.48 bits per heavy atom. The highest BCUT2D eigenvalue weighted by atomic mass is 31.2. The lowest BCUT2D eigenvalue weighted by molar-refractivity contribution is -0.147. The average molecular weight is 430 g/mol. The highest BCUT2D eigenvalue weighted by Crippen LogP contribution is 2.46. The van der Waals surface area contributed by atoms with E-state index in [0.29, 0.717) is 6.61 Å². The van der Waals surface area contributed by atoms with E-state index in [9.17, 15) is 14.2 Å². The molecule has 0 radical (unpaired) electrons. The molecule has 10 nitrogen and oxygen atoms in total. The fourth-order valence-corrected chi connectivity index (χ4v) is 4.64. The van der Waals surface area contributed by atoms with Crippen LogP contribution in [0.2, 0.25) is 0 Å². The van der Waals surface area contributed by atoms with Crippen LogP contribution in [0.25, 0.3) is 0 Å². The number of nitrogens with zero attached hydrogens (tertiary/aromatic N) is 2. The summed E-state index contributed by atoms with van der Waals surface area (Å²) >= 11 is 0. The maximum Gasteiger partial charge on any atom is 0.349 e. The lowest BCUT2D eigenvalue weighted by Gasteiger charge is -2.32. The van der Waals surface area contributed by atoms with Crippen LogP contribution in [-0.4, -0.2) is 47.2 Å². The third-order valence-corrected chi connectivity index (χ3v) is 6.22. The van der Waals surface area contributed by atoms with E-state index in [2.05, 4.69) is 17.0 Å². The smallest absolute Gasteiger partial charge is 0.349 e. The van der Waals surface area contributed by atoms with E-state index >= 15 is 0 Å². The minimum atomic E-state index is -3.38. The number of nitrogen functional groups attached to an aromatic ring is 1. The molecule has 0 aliphatic carbocycles. The Morgan fingerprint density at radius 3 is 2.83 bits per heavy atom. The predicted octanol–water partition coefficient (Wildman–Crippen LogP) is 1.74. The van der Waals surface area contributed by atoms with Gasteiger partial charge in [0.15, 0.2) is 0 Å². The van der Waals surface area contributed by atoms with Gasteiger partial charge in [-0.15, -0.1) is 0 Å². The van der Waals surface area contributed by atoms with Gasteiger partial charge in [-0.05, 0) is 18.4 Å². The zero-order chi connectivity index (χ0) is 21.4. The lowest BCUT2D eigenvalue weighted by Crippen LogP contribution is -2.44. The van der Waals surface area contributed by atoms with Crippen LogP contribution < -0.4 is 16.5 Å². The van der Waals surface area contributed by atoms with Gasteiger partial charge in [-0.25, -0.2) is 9.88 Å². The SMILES string of the molecule is CCCCCOC(=O)[C@@H](NP1(=O)CO[C@@H](Cn2ccc(N)nc2=O)CO1)C(C)C.